The van der Waals surface area contributed by atoms with Crippen LogP contribution in [0.25, 0.3) is 0 Å². The van der Waals surface area contributed by atoms with Crippen LogP contribution < -0.4 is 40.2 Å². The van der Waals surface area contributed by atoms with Crippen molar-refractivity contribution in [2.24, 2.45) is 5.73 Å². The SMILES string of the molecule is CCCCCCCCOP(=O)([O-])O[C@@H]1[C@H](O)[C@H](O)[C@@H](O)[C@H](O)[C@H]1O[C@H]1O[C@H](CO)[C@@H](O)[C@H](O)[C@H]1N.[Na+]. The summed E-state index contributed by atoms with van der Waals surface area (Å²) in [6.45, 7) is 1.15. The molecule has 1 saturated carbocycles. The molecule has 0 aromatic heterocycles. The number of aliphatic hydroxyl groups excluding tert-OH is 7. The number of hydrogen-bond donors (Lipinski definition) is 8. The van der Waals surface area contributed by atoms with Gasteiger partial charge in [-0.05, 0) is 6.42 Å². The van der Waals surface area contributed by atoms with Crippen LogP contribution in [-0.2, 0) is 23.1 Å². The molecule has 2 rings (SSSR count). The van der Waals surface area contributed by atoms with E-state index in [-0.39, 0.29) is 36.2 Å². The summed E-state index contributed by atoms with van der Waals surface area (Å²) in [6.07, 6.45) is -12.7. The predicted molar refractivity (Wildman–Crippen MR) is 116 cm³/mol. The molecule has 36 heavy (non-hydrogen) atoms. The number of rotatable bonds is 13. The van der Waals surface area contributed by atoms with E-state index in [1.54, 1.807) is 0 Å². The molecule has 16 heteroatoms. The van der Waals surface area contributed by atoms with Gasteiger partial charge < -0.3 is 64.9 Å². The maximum absolute atomic E-state index is 12.4. The van der Waals surface area contributed by atoms with Crippen LogP contribution in [0, 0.1) is 0 Å². The largest absolute Gasteiger partial charge is 1.00 e. The van der Waals surface area contributed by atoms with Crippen molar-refractivity contribution >= 4 is 7.82 Å². The second-order valence-electron chi connectivity index (χ2n) is 8.97. The minimum Gasteiger partial charge on any atom is -0.756 e. The van der Waals surface area contributed by atoms with Crippen LogP contribution in [0.1, 0.15) is 45.4 Å². The van der Waals surface area contributed by atoms with Gasteiger partial charge in [0.1, 0.15) is 54.9 Å². The van der Waals surface area contributed by atoms with E-state index in [2.05, 4.69) is 6.92 Å². The minimum absolute atomic E-state index is 0. The molecule has 0 aromatic carbocycles. The van der Waals surface area contributed by atoms with E-state index in [4.69, 9.17) is 24.3 Å². The van der Waals surface area contributed by atoms with Crippen LogP contribution in [0.4, 0.5) is 0 Å². The number of phosphoric ester groups is 1. The summed E-state index contributed by atoms with van der Waals surface area (Å²) in [5, 5.41) is 70.3. The van der Waals surface area contributed by atoms with Gasteiger partial charge in [0.2, 0.25) is 0 Å². The van der Waals surface area contributed by atoms with Gasteiger partial charge in [-0.1, -0.05) is 39.0 Å². The predicted octanol–water partition coefficient (Wildman–Crippen LogP) is -6.17. The Bertz CT molecular complexity index is 680. The fraction of sp³-hybridized carbons (Fsp3) is 1.00. The van der Waals surface area contributed by atoms with Gasteiger partial charge in [-0.2, -0.15) is 0 Å². The molecule has 0 amide bonds. The first-order valence-electron chi connectivity index (χ1n) is 11.8. The monoisotopic (exact) mass is 555 g/mol. The van der Waals surface area contributed by atoms with Gasteiger partial charge in [0.05, 0.1) is 19.3 Å². The molecular formula is C20H39NNaO13P. The Morgan fingerprint density at radius 2 is 1.42 bits per heavy atom. The first kappa shape index (κ1) is 34.7. The van der Waals surface area contributed by atoms with Crippen LogP contribution in [-0.4, -0.2) is 116 Å². The van der Waals surface area contributed by atoms with E-state index in [1.165, 1.54) is 0 Å². The zero-order valence-corrected chi connectivity index (χ0v) is 23.5. The smallest absolute Gasteiger partial charge is 0.756 e. The van der Waals surface area contributed by atoms with Crippen molar-refractivity contribution in [2.75, 3.05) is 13.2 Å². The standard InChI is InChI=1S/C20H40NO13P.Na/c1-2-3-4-5-6-7-8-31-35(29,30)34-19-17(28)15(26)14(25)16(27)18(19)33-20-11(21)13(24)12(23)10(9-22)32-20;/h10-20,22-28H,2-9,21H2,1H3,(H,29,30);/q;+1/p-1/t10-,11-,12-,13-,14-,15-,16+,17-,18-,19-,20-;/m1./s1. The Morgan fingerprint density at radius 3 is 2.00 bits per heavy atom. The number of phosphoric acid groups is 1. The molecule has 0 aromatic rings. The molecule has 0 radical (unpaired) electrons. The summed E-state index contributed by atoms with van der Waals surface area (Å²) in [7, 11) is -5.07. The summed E-state index contributed by atoms with van der Waals surface area (Å²) in [5.74, 6) is 0. The average Bonchev–Trinajstić information content (AvgIpc) is 2.82. The third kappa shape index (κ3) is 9.14. The molecule has 9 N–H and O–H groups in total. The van der Waals surface area contributed by atoms with Crippen molar-refractivity contribution in [3.05, 3.63) is 0 Å². The molecule has 1 saturated heterocycles. The van der Waals surface area contributed by atoms with Crippen LogP contribution in [0.15, 0.2) is 0 Å². The van der Waals surface area contributed by atoms with Gasteiger partial charge in [0.25, 0.3) is 7.82 Å². The third-order valence-corrected chi connectivity index (χ3v) is 7.26. The van der Waals surface area contributed by atoms with Gasteiger partial charge in [0, 0.05) is 0 Å². The summed E-state index contributed by atoms with van der Waals surface area (Å²) >= 11 is 0. The zero-order valence-electron chi connectivity index (χ0n) is 20.6. The molecular weight excluding hydrogens is 516 g/mol. The van der Waals surface area contributed by atoms with Crippen LogP contribution in [0.3, 0.4) is 0 Å². The zero-order chi connectivity index (χ0) is 26.3. The Balaban J connectivity index is 0.00000648. The maximum atomic E-state index is 12.4. The summed E-state index contributed by atoms with van der Waals surface area (Å²) in [6, 6.07) is -1.43. The van der Waals surface area contributed by atoms with E-state index < -0.39 is 81.7 Å². The topological polar surface area (TPSA) is 245 Å². The van der Waals surface area contributed by atoms with Gasteiger partial charge in [-0.3, -0.25) is 4.57 Å². The fourth-order valence-corrected chi connectivity index (χ4v) is 5.04. The number of aliphatic hydroxyl groups is 7. The number of unbranched alkanes of at least 4 members (excludes halogenated alkanes) is 5. The van der Waals surface area contributed by atoms with Crippen molar-refractivity contribution in [3.8, 4) is 0 Å². The van der Waals surface area contributed by atoms with Crippen molar-refractivity contribution in [2.45, 2.75) is 113 Å². The fourth-order valence-electron chi connectivity index (χ4n) is 4.08. The van der Waals surface area contributed by atoms with E-state index >= 15 is 0 Å². The molecule has 0 bridgehead atoms. The average molecular weight is 555 g/mol. The van der Waals surface area contributed by atoms with Crippen LogP contribution in [0.5, 0.6) is 0 Å². The van der Waals surface area contributed by atoms with Gasteiger partial charge in [0.15, 0.2) is 6.29 Å². The number of ether oxygens (including phenoxy) is 2. The Hall–Kier alpha value is 0.710. The Kier molecular flexibility index (Phi) is 15.5. The molecule has 2 aliphatic rings. The molecule has 0 spiro atoms. The summed E-state index contributed by atoms with van der Waals surface area (Å²) in [4.78, 5) is 12.4. The number of hydrogen-bond acceptors (Lipinski definition) is 14. The molecule has 208 valence electrons. The molecule has 1 aliphatic carbocycles. The summed E-state index contributed by atoms with van der Waals surface area (Å²) in [5.41, 5.74) is 5.81. The third-order valence-electron chi connectivity index (χ3n) is 6.26. The van der Waals surface area contributed by atoms with Crippen molar-refractivity contribution < 1.29 is 93.3 Å². The van der Waals surface area contributed by atoms with Crippen molar-refractivity contribution in [1.29, 1.82) is 0 Å². The molecule has 1 aliphatic heterocycles. The van der Waals surface area contributed by atoms with Crippen molar-refractivity contribution in [3.63, 3.8) is 0 Å². The number of nitrogens with two attached hydrogens (primary N) is 1. The molecule has 14 nitrogen and oxygen atoms in total. The Morgan fingerprint density at radius 1 is 0.861 bits per heavy atom. The molecule has 12 atom stereocenters. The van der Waals surface area contributed by atoms with Crippen LogP contribution in [0.2, 0.25) is 0 Å². The van der Waals surface area contributed by atoms with E-state index in [0.29, 0.717) is 6.42 Å². The quantitative estimate of drug-likeness (QED) is 0.0599. The molecule has 1 unspecified atom stereocenters. The first-order chi connectivity index (χ1) is 16.4. The maximum Gasteiger partial charge on any atom is 1.00 e. The van der Waals surface area contributed by atoms with E-state index in [0.717, 1.165) is 32.1 Å². The normalized spacial score (nSPS) is 40.9. The van der Waals surface area contributed by atoms with Gasteiger partial charge in [-0.25, -0.2) is 0 Å². The molecule has 2 fully saturated rings. The van der Waals surface area contributed by atoms with Gasteiger partial charge in [-0.15, -0.1) is 0 Å². The summed E-state index contributed by atoms with van der Waals surface area (Å²) < 4.78 is 32.9. The first-order valence-corrected chi connectivity index (χ1v) is 13.3. The second kappa shape index (κ2) is 16.1. The Labute approximate surface area is 232 Å². The van der Waals surface area contributed by atoms with Gasteiger partial charge >= 0.3 is 29.6 Å². The van der Waals surface area contributed by atoms with Crippen molar-refractivity contribution in [1.82, 2.24) is 0 Å². The minimum atomic E-state index is -5.07. The second-order valence-corrected chi connectivity index (χ2v) is 10.3. The molecule has 1 heterocycles. The van der Waals surface area contributed by atoms with Crippen LogP contribution >= 0.6 is 7.82 Å². The van der Waals surface area contributed by atoms with E-state index in [9.17, 15) is 45.2 Å². The van der Waals surface area contributed by atoms with E-state index in [1.807, 2.05) is 0 Å².